The van der Waals surface area contributed by atoms with Crippen molar-refractivity contribution < 1.29 is 4.39 Å². The van der Waals surface area contributed by atoms with Crippen molar-refractivity contribution in [2.45, 2.75) is 32.7 Å². The number of aromatic nitrogens is 1. The van der Waals surface area contributed by atoms with Crippen LogP contribution in [0.3, 0.4) is 0 Å². The topological polar surface area (TPSA) is 28.2 Å². The van der Waals surface area contributed by atoms with E-state index in [-0.39, 0.29) is 11.9 Å². The van der Waals surface area contributed by atoms with Gasteiger partial charge in [-0.3, -0.25) is 9.88 Å². The molecule has 106 valence electrons. The van der Waals surface area contributed by atoms with Crippen molar-refractivity contribution in [2.75, 3.05) is 26.2 Å². The zero-order valence-electron chi connectivity index (χ0n) is 11.9. The van der Waals surface area contributed by atoms with Crippen LogP contribution in [0.5, 0.6) is 0 Å². The molecule has 0 spiro atoms. The normalized spacial score (nSPS) is 18.7. The molecule has 1 aliphatic rings. The molecule has 4 heteroatoms. The van der Waals surface area contributed by atoms with E-state index in [1.165, 1.54) is 19.0 Å². The van der Waals surface area contributed by atoms with Crippen LogP contribution in [0.2, 0.25) is 0 Å². The molecule has 1 fully saturated rings. The van der Waals surface area contributed by atoms with Crippen LogP contribution >= 0.6 is 0 Å². The van der Waals surface area contributed by atoms with Gasteiger partial charge in [-0.15, -0.1) is 0 Å². The molecule has 0 bridgehead atoms. The zero-order valence-corrected chi connectivity index (χ0v) is 11.9. The molecule has 1 unspecified atom stereocenters. The number of piperidine rings is 1. The summed E-state index contributed by atoms with van der Waals surface area (Å²) in [6.07, 6.45) is 5.52. The Bertz CT molecular complexity index is 391. The maximum Gasteiger partial charge on any atom is 0.141 e. The number of nitrogens with zero attached hydrogens (tertiary/aromatic N) is 2. The van der Waals surface area contributed by atoms with Gasteiger partial charge < -0.3 is 5.32 Å². The molecule has 1 aliphatic heterocycles. The molecule has 2 heterocycles. The van der Waals surface area contributed by atoms with Crippen LogP contribution < -0.4 is 5.32 Å². The number of hydrogen-bond donors (Lipinski definition) is 1. The van der Waals surface area contributed by atoms with Crippen LogP contribution in [0, 0.1) is 11.7 Å². The summed E-state index contributed by atoms with van der Waals surface area (Å²) in [5, 5.41) is 3.40. The van der Waals surface area contributed by atoms with E-state index in [2.05, 4.69) is 29.0 Å². The van der Waals surface area contributed by atoms with Crippen molar-refractivity contribution in [3.05, 3.63) is 29.8 Å². The van der Waals surface area contributed by atoms with E-state index in [9.17, 15) is 4.39 Å². The molecule has 0 radical (unpaired) electrons. The second-order valence-corrected chi connectivity index (χ2v) is 5.39. The summed E-state index contributed by atoms with van der Waals surface area (Å²) in [5.41, 5.74) is 0.968. The summed E-state index contributed by atoms with van der Waals surface area (Å²) in [6.45, 7) is 8.64. The molecule has 1 atom stereocenters. The van der Waals surface area contributed by atoms with Crippen LogP contribution in [-0.4, -0.2) is 36.1 Å². The third-order valence-electron chi connectivity index (χ3n) is 4.11. The van der Waals surface area contributed by atoms with E-state index in [1.807, 2.05) is 0 Å². The average molecular weight is 265 g/mol. The molecule has 0 aromatic carbocycles. The van der Waals surface area contributed by atoms with Gasteiger partial charge in [0.25, 0.3) is 0 Å². The fourth-order valence-corrected chi connectivity index (χ4v) is 2.82. The maximum atomic E-state index is 13.3. The zero-order chi connectivity index (χ0) is 13.7. The summed E-state index contributed by atoms with van der Waals surface area (Å²) < 4.78 is 13.3. The van der Waals surface area contributed by atoms with Gasteiger partial charge in [-0.1, -0.05) is 6.92 Å². The van der Waals surface area contributed by atoms with E-state index < -0.39 is 0 Å². The quantitative estimate of drug-likeness (QED) is 0.887. The van der Waals surface area contributed by atoms with Gasteiger partial charge in [0.05, 0.1) is 6.20 Å². The number of pyridine rings is 1. The van der Waals surface area contributed by atoms with E-state index >= 15 is 0 Å². The molecule has 0 amide bonds. The number of rotatable bonds is 5. The van der Waals surface area contributed by atoms with E-state index in [4.69, 9.17) is 0 Å². The summed E-state index contributed by atoms with van der Waals surface area (Å²) >= 11 is 0. The second-order valence-electron chi connectivity index (χ2n) is 5.39. The minimum absolute atomic E-state index is 0.225. The second kappa shape index (κ2) is 6.96. The highest BCUT2D eigenvalue weighted by atomic mass is 19.1. The molecule has 0 saturated carbocycles. The Labute approximate surface area is 115 Å². The Morgan fingerprint density at radius 1 is 1.42 bits per heavy atom. The van der Waals surface area contributed by atoms with Crippen molar-refractivity contribution in [3.63, 3.8) is 0 Å². The maximum absolute atomic E-state index is 13.3. The minimum atomic E-state index is -0.248. The Hall–Kier alpha value is -1.00. The monoisotopic (exact) mass is 265 g/mol. The molecule has 2 rings (SSSR count). The van der Waals surface area contributed by atoms with E-state index in [0.717, 1.165) is 37.7 Å². The first kappa shape index (κ1) is 14.4. The van der Waals surface area contributed by atoms with Crippen molar-refractivity contribution in [1.82, 2.24) is 15.2 Å². The Kier molecular flexibility index (Phi) is 5.28. The fourth-order valence-electron chi connectivity index (χ4n) is 2.82. The fraction of sp³-hybridized carbons (Fsp3) is 0.667. The Balaban J connectivity index is 1.99. The van der Waals surface area contributed by atoms with Gasteiger partial charge in [0, 0.05) is 18.8 Å². The standard InChI is InChI=1S/C15H24FN3/c1-3-19(11-13-4-6-17-7-5-13)12(2)14-8-15(16)10-18-9-14/h8-10,12-13,17H,3-7,11H2,1-2H3. The van der Waals surface area contributed by atoms with E-state index in [0.29, 0.717) is 0 Å². The van der Waals surface area contributed by atoms with Gasteiger partial charge in [0.15, 0.2) is 0 Å². The summed E-state index contributed by atoms with van der Waals surface area (Å²) in [7, 11) is 0. The molecule has 3 nitrogen and oxygen atoms in total. The Morgan fingerprint density at radius 3 is 2.79 bits per heavy atom. The first-order valence-corrected chi connectivity index (χ1v) is 7.26. The lowest BCUT2D eigenvalue weighted by atomic mass is 9.96. The predicted molar refractivity (Wildman–Crippen MR) is 75.5 cm³/mol. The third-order valence-corrected chi connectivity index (χ3v) is 4.11. The van der Waals surface area contributed by atoms with Crippen LogP contribution in [-0.2, 0) is 0 Å². The van der Waals surface area contributed by atoms with E-state index in [1.54, 1.807) is 12.3 Å². The van der Waals surface area contributed by atoms with Crippen LogP contribution in [0.15, 0.2) is 18.5 Å². The number of hydrogen-bond acceptors (Lipinski definition) is 3. The highest BCUT2D eigenvalue weighted by Crippen LogP contribution is 2.23. The molecule has 19 heavy (non-hydrogen) atoms. The summed E-state index contributed by atoms with van der Waals surface area (Å²) in [6, 6.07) is 1.83. The first-order valence-electron chi connectivity index (χ1n) is 7.26. The van der Waals surface area contributed by atoms with Crippen LogP contribution in [0.1, 0.15) is 38.3 Å². The number of nitrogens with one attached hydrogen (secondary N) is 1. The molecule has 1 N–H and O–H groups in total. The van der Waals surface area contributed by atoms with Gasteiger partial charge in [-0.2, -0.15) is 0 Å². The summed E-state index contributed by atoms with van der Waals surface area (Å²) in [5.74, 6) is 0.507. The molecule has 1 saturated heterocycles. The van der Waals surface area contributed by atoms with Crippen LogP contribution in [0.4, 0.5) is 4.39 Å². The smallest absolute Gasteiger partial charge is 0.141 e. The number of halogens is 1. The lowest BCUT2D eigenvalue weighted by molar-refractivity contribution is 0.168. The molecular weight excluding hydrogens is 241 g/mol. The highest BCUT2D eigenvalue weighted by molar-refractivity contribution is 5.14. The van der Waals surface area contributed by atoms with Gasteiger partial charge in [-0.25, -0.2) is 4.39 Å². The predicted octanol–water partition coefficient (Wildman–Crippen LogP) is 2.60. The highest BCUT2D eigenvalue weighted by Gasteiger charge is 2.20. The average Bonchev–Trinajstić information content (AvgIpc) is 2.45. The third kappa shape index (κ3) is 3.98. The first-order chi connectivity index (χ1) is 9.20. The lowest BCUT2D eigenvalue weighted by Crippen LogP contribution is -2.37. The summed E-state index contributed by atoms with van der Waals surface area (Å²) in [4.78, 5) is 6.38. The van der Waals surface area contributed by atoms with Gasteiger partial charge in [-0.05, 0) is 56.9 Å². The van der Waals surface area contributed by atoms with Crippen LogP contribution in [0.25, 0.3) is 0 Å². The SMILES string of the molecule is CCN(CC1CCNCC1)C(C)c1cncc(F)c1. The van der Waals surface area contributed by atoms with Gasteiger partial charge in [0.2, 0.25) is 0 Å². The molecule has 1 aromatic rings. The van der Waals surface area contributed by atoms with Gasteiger partial charge >= 0.3 is 0 Å². The van der Waals surface area contributed by atoms with Crippen molar-refractivity contribution in [3.8, 4) is 0 Å². The largest absolute Gasteiger partial charge is 0.317 e. The van der Waals surface area contributed by atoms with Crippen molar-refractivity contribution in [2.24, 2.45) is 5.92 Å². The molecule has 1 aromatic heterocycles. The Morgan fingerprint density at radius 2 is 2.16 bits per heavy atom. The van der Waals surface area contributed by atoms with Crippen molar-refractivity contribution in [1.29, 1.82) is 0 Å². The minimum Gasteiger partial charge on any atom is -0.317 e. The van der Waals surface area contributed by atoms with Gasteiger partial charge in [0.1, 0.15) is 5.82 Å². The van der Waals surface area contributed by atoms with Crippen molar-refractivity contribution >= 4 is 0 Å². The molecular formula is C15H24FN3. The lowest BCUT2D eigenvalue weighted by Gasteiger charge is -2.33. The molecule has 0 aliphatic carbocycles.